The van der Waals surface area contributed by atoms with Crippen LogP contribution >= 0.6 is 0 Å². The highest BCUT2D eigenvalue weighted by Crippen LogP contribution is 2.24. The molecule has 0 aromatic heterocycles. The van der Waals surface area contributed by atoms with Gasteiger partial charge in [-0.2, -0.15) is 0 Å². The van der Waals surface area contributed by atoms with E-state index in [0.717, 1.165) is 17.9 Å². The van der Waals surface area contributed by atoms with Gasteiger partial charge in [0.05, 0.1) is 26.4 Å². The number of ether oxygens (including phenoxy) is 3. The summed E-state index contributed by atoms with van der Waals surface area (Å²) in [4.78, 5) is 0. The minimum atomic E-state index is 0.0736. The van der Waals surface area contributed by atoms with Gasteiger partial charge in [-0.1, -0.05) is 13.0 Å². The Bertz CT molecular complexity index is 409. The molecule has 1 aromatic rings. The van der Waals surface area contributed by atoms with Crippen LogP contribution in [0.5, 0.6) is 5.75 Å². The first-order valence-electron chi connectivity index (χ1n) is 7.71. The molecule has 1 rings (SSSR count). The maximum absolute atomic E-state index is 5.84. The van der Waals surface area contributed by atoms with Crippen LogP contribution in [0.15, 0.2) is 18.2 Å². The second kappa shape index (κ2) is 9.77. The topological polar surface area (TPSA) is 39.7 Å². The molecule has 120 valence electrons. The lowest BCUT2D eigenvalue weighted by Crippen LogP contribution is -2.18. The third kappa shape index (κ3) is 6.04. The molecule has 4 heteroatoms. The summed E-state index contributed by atoms with van der Waals surface area (Å²) in [5, 5.41) is 3.42. The van der Waals surface area contributed by atoms with Gasteiger partial charge in [0, 0.05) is 18.2 Å². The molecule has 21 heavy (non-hydrogen) atoms. The van der Waals surface area contributed by atoms with Gasteiger partial charge in [0.15, 0.2) is 0 Å². The highest BCUT2D eigenvalue weighted by Gasteiger charge is 2.11. The van der Waals surface area contributed by atoms with Crippen molar-refractivity contribution < 1.29 is 14.2 Å². The monoisotopic (exact) mass is 295 g/mol. The first-order chi connectivity index (χ1) is 10.1. The van der Waals surface area contributed by atoms with Gasteiger partial charge in [-0.25, -0.2) is 0 Å². The molecule has 0 spiro atoms. The van der Waals surface area contributed by atoms with Gasteiger partial charge in [-0.3, -0.25) is 0 Å². The van der Waals surface area contributed by atoms with Crippen LogP contribution in [0, 0.1) is 0 Å². The Morgan fingerprint density at radius 1 is 1.19 bits per heavy atom. The van der Waals surface area contributed by atoms with Crippen molar-refractivity contribution >= 4 is 0 Å². The van der Waals surface area contributed by atoms with Crippen LogP contribution in [0.2, 0.25) is 0 Å². The molecule has 0 bridgehead atoms. The van der Waals surface area contributed by atoms with E-state index in [2.05, 4.69) is 31.3 Å². The van der Waals surface area contributed by atoms with Crippen LogP contribution in [-0.4, -0.2) is 33.0 Å². The number of benzene rings is 1. The molecule has 0 aliphatic rings. The lowest BCUT2D eigenvalue weighted by Gasteiger charge is -2.18. The summed E-state index contributed by atoms with van der Waals surface area (Å²) < 4.78 is 16.6. The van der Waals surface area contributed by atoms with Crippen molar-refractivity contribution in [3.63, 3.8) is 0 Å². The molecule has 0 heterocycles. The number of methoxy groups -OCH3 is 1. The van der Waals surface area contributed by atoms with Gasteiger partial charge >= 0.3 is 0 Å². The summed E-state index contributed by atoms with van der Waals surface area (Å²) in [6.45, 7) is 11.1. The zero-order valence-corrected chi connectivity index (χ0v) is 13.9. The molecule has 0 saturated carbocycles. The molecule has 0 aliphatic carbocycles. The summed E-state index contributed by atoms with van der Waals surface area (Å²) in [6.07, 6.45) is 0.0736. The van der Waals surface area contributed by atoms with Crippen LogP contribution in [0.3, 0.4) is 0 Å². The molecule has 0 radical (unpaired) electrons. The number of hydrogen-bond donors (Lipinski definition) is 1. The van der Waals surface area contributed by atoms with E-state index in [0.29, 0.717) is 25.9 Å². The lowest BCUT2D eigenvalue weighted by atomic mass is 10.0. The first kappa shape index (κ1) is 18.0. The molecule has 1 N–H and O–H groups in total. The van der Waals surface area contributed by atoms with E-state index in [1.54, 1.807) is 7.11 Å². The summed E-state index contributed by atoms with van der Waals surface area (Å²) in [6, 6.07) is 6.58. The highest BCUT2D eigenvalue weighted by atomic mass is 16.5. The van der Waals surface area contributed by atoms with Crippen molar-refractivity contribution in [1.82, 2.24) is 5.32 Å². The SMILES string of the molecule is CCNC(C)c1ccc(OC)c(COC(C)COCC)c1. The Balaban J connectivity index is 2.71. The Morgan fingerprint density at radius 3 is 2.57 bits per heavy atom. The minimum Gasteiger partial charge on any atom is -0.496 e. The van der Waals surface area contributed by atoms with Crippen molar-refractivity contribution in [3.05, 3.63) is 29.3 Å². The fourth-order valence-corrected chi connectivity index (χ4v) is 2.17. The smallest absolute Gasteiger partial charge is 0.124 e. The van der Waals surface area contributed by atoms with Gasteiger partial charge in [-0.15, -0.1) is 0 Å². The summed E-state index contributed by atoms with van der Waals surface area (Å²) in [5.41, 5.74) is 2.32. The maximum atomic E-state index is 5.84. The Hall–Kier alpha value is -1.10. The fourth-order valence-electron chi connectivity index (χ4n) is 2.17. The van der Waals surface area contributed by atoms with Gasteiger partial charge in [-0.05, 0) is 45.0 Å². The Kier molecular flexibility index (Phi) is 8.35. The van der Waals surface area contributed by atoms with Crippen molar-refractivity contribution in [2.24, 2.45) is 0 Å². The molecule has 0 fully saturated rings. The standard InChI is InChI=1S/C17H29NO3/c1-6-18-14(4)15-8-9-17(19-5)16(10-15)12-21-13(3)11-20-7-2/h8-10,13-14,18H,6-7,11-12H2,1-5H3. The van der Waals surface area contributed by atoms with E-state index in [9.17, 15) is 0 Å². The highest BCUT2D eigenvalue weighted by molar-refractivity contribution is 5.38. The normalized spacial score (nSPS) is 14.0. The summed E-state index contributed by atoms with van der Waals surface area (Å²) >= 11 is 0. The van der Waals surface area contributed by atoms with Crippen LogP contribution in [0.1, 0.15) is 44.9 Å². The fraction of sp³-hybridized carbons (Fsp3) is 0.647. The first-order valence-corrected chi connectivity index (χ1v) is 7.71. The largest absolute Gasteiger partial charge is 0.496 e. The molecule has 0 amide bonds. The molecule has 1 aromatic carbocycles. The molecule has 4 nitrogen and oxygen atoms in total. The van der Waals surface area contributed by atoms with Crippen molar-refractivity contribution in [1.29, 1.82) is 0 Å². The van der Waals surface area contributed by atoms with E-state index in [4.69, 9.17) is 14.2 Å². The average Bonchev–Trinajstić information content (AvgIpc) is 2.50. The van der Waals surface area contributed by atoms with Crippen molar-refractivity contribution in [2.45, 2.75) is 46.4 Å². The van der Waals surface area contributed by atoms with Gasteiger partial charge in [0.1, 0.15) is 5.75 Å². The quantitative estimate of drug-likeness (QED) is 0.719. The second-order valence-corrected chi connectivity index (χ2v) is 5.13. The second-order valence-electron chi connectivity index (χ2n) is 5.13. The van der Waals surface area contributed by atoms with E-state index in [-0.39, 0.29) is 6.10 Å². The molecular formula is C17H29NO3. The Morgan fingerprint density at radius 2 is 1.95 bits per heavy atom. The van der Waals surface area contributed by atoms with Crippen LogP contribution in [0.4, 0.5) is 0 Å². The van der Waals surface area contributed by atoms with Crippen LogP contribution in [-0.2, 0) is 16.1 Å². The molecule has 2 unspecified atom stereocenters. The van der Waals surface area contributed by atoms with E-state index >= 15 is 0 Å². The van der Waals surface area contributed by atoms with Crippen molar-refractivity contribution in [2.75, 3.05) is 26.9 Å². The summed E-state index contributed by atoms with van der Waals surface area (Å²) in [5.74, 6) is 0.867. The minimum absolute atomic E-state index is 0.0736. The van der Waals surface area contributed by atoms with Gasteiger partial charge < -0.3 is 19.5 Å². The average molecular weight is 295 g/mol. The van der Waals surface area contributed by atoms with Crippen molar-refractivity contribution in [3.8, 4) is 5.75 Å². The van der Waals surface area contributed by atoms with E-state index < -0.39 is 0 Å². The van der Waals surface area contributed by atoms with E-state index in [1.807, 2.05) is 19.9 Å². The summed E-state index contributed by atoms with van der Waals surface area (Å²) in [7, 11) is 1.69. The van der Waals surface area contributed by atoms with Gasteiger partial charge in [0.25, 0.3) is 0 Å². The predicted molar refractivity (Wildman–Crippen MR) is 85.8 cm³/mol. The molecule has 2 atom stereocenters. The third-order valence-electron chi connectivity index (χ3n) is 3.39. The molecule has 0 aliphatic heterocycles. The zero-order valence-electron chi connectivity index (χ0n) is 13.9. The lowest BCUT2D eigenvalue weighted by molar-refractivity contribution is -0.0122. The molecule has 0 saturated heterocycles. The van der Waals surface area contributed by atoms with Crippen LogP contribution in [0.25, 0.3) is 0 Å². The Labute approximate surface area is 128 Å². The van der Waals surface area contributed by atoms with Gasteiger partial charge in [0.2, 0.25) is 0 Å². The zero-order chi connectivity index (χ0) is 15.7. The maximum Gasteiger partial charge on any atom is 0.124 e. The molecular weight excluding hydrogens is 266 g/mol. The third-order valence-corrected chi connectivity index (χ3v) is 3.39. The van der Waals surface area contributed by atoms with E-state index in [1.165, 1.54) is 5.56 Å². The number of nitrogens with one attached hydrogen (secondary N) is 1. The van der Waals surface area contributed by atoms with Crippen LogP contribution < -0.4 is 10.1 Å². The number of rotatable bonds is 10. The predicted octanol–water partition coefficient (Wildman–Crippen LogP) is 3.31. The number of hydrogen-bond acceptors (Lipinski definition) is 4.